The predicted octanol–water partition coefficient (Wildman–Crippen LogP) is 7.93. The van der Waals surface area contributed by atoms with E-state index in [0.29, 0.717) is 26.4 Å². The summed E-state index contributed by atoms with van der Waals surface area (Å²) in [6.07, 6.45) is 22.7. The highest BCUT2D eigenvalue weighted by Gasteiger charge is 1.95. The van der Waals surface area contributed by atoms with Crippen LogP contribution in [-0.2, 0) is 14.2 Å². The van der Waals surface area contributed by atoms with Gasteiger partial charge >= 0.3 is 0 Å². The molecule has 0 aromatic heterocycles. The molecule has 0 heterocycles. The minimum atomic E-state index is 0.670. The SMILES string of the molecule is CCCCCCCCCCCCCCCOCCOCCOCCCCCCCl. The van der Waals surface area contributed by atoms with Crippen LogP contribution in [0.4, 0.5) is 0 Å². The maximum absolute atomic E-state index is 5.65. The maximum atomic E-state index is 5.65. The van der Waals surface area contributed by atoms with Gasteiger partial charge in [-0.15, -0.1) is 11.6 Å². The lowest BCUT2D eigenvalue weighted by molar-refractivity contribution is 0.0132. The van der Waals surface area contributed by atoms with Crippen LogP contribution in [0.15, 0.2) is 0 Å². The first-order chi connectivity index (χ1) is 14.4. The van der Waals surface area contributed by atoms with Gasteiger partial charge in [-0.25, -0.2) is 0 Å². The lowest BCUT2D eigenvalue weighted by atomic mass is 10.0. The number of hydrogen-bond donors (Lipinski definition) is 0. The van der Waals surface area contributed by atoms with Crippen LogP contribution in [0.1, 0.15) is 116 Å². The molecule has 0 spiro atoms. The molecular formula is C25H51ClO3. The largest absolute Gasteiger partial charge is 0.379 e. The fraction of sp³-hybridized carbons (Fsp3) is 1.00. The Bertz CT molecular complexity index is 251. The smallest absolute Gasteiger partial charge is 0.0701 e. The average Bonchev–Trinajstić information content (AvgIpc) is 2.74. The summed E-state index contributed by atoms with van der Waals surface area (Å²) in [7, 11) is 0. The molecule has 0 bridgehead atoms. The topological polar surface area (TPSA) is 27.7 Å². The molecule has 0 N–H and O–H groups in total. The van der Waals surface area contributed by atoms with E-state index in [1.165, 1.54) is 96.3 Å². The molecule has 0 amide bonds. The molecule has 176 valence electrons. The Morgan fingerprint density at radius 3 is 1.07 bits per heavy atom. The second-order valence-electron chi connectivity index (χ2n) is 8.18. The third kappa shape index (κ3) is 28.2. The Morgan fingerprint density at radius 1 is 0.379 bits per heavy atom. The van der Waals surface area contributed by atoms with Crippen molar-refractivity contribution >= 4 is 11.6 Å². The average molecular weight is 435 g/mol. The summed E-state index contributed by atoms with van der Waals surface area (Å²) in [5, 5.41) is 0. The summed E-state index contributed by atoms with van der Waals surface area (Å²) in [5.74, 6) is 0.774. The van der Waals surface area contributed by atoms with Crippen LogP contribution in [0.2, 0.25) is 0 Å². The molecule has 0 saturated heterocycles. The number of hydrogen-bond acceptors (Lipinski definition) is 3. The van der Waals surface area contributed by atoms with E-state index >= 15 is 0 Å². The van der Waals surface area contributed by atoms with Crippen molar-refractivity contribution in [1.82, 2.24) is 0 Å². The minimum absolute atomic E-state index is 0.670. The molecule has 4 heteroatoms. The van der Waals surface area contributed by atoms with E-state index in [9.17, 15) is 0 Å². The van der Waals surface area contributed by atoms with Gasteiger partial charge in [-0.2, -0.15) is 0 Å². The van der Waals surface area contributed by atoms with Gasteiger partial charge in [-0.1, -0.05) is 96.8 Å². The van der Waals surface area contributed by atoms with Gasteiger partial charge in [-0.3, -0.25) is 0 Å². The van der Waals surface area contributed by atoms with Gasteiger partial charge in [0.2, 0.25) is 0 Å². The van der Waals surface area contributed by atoms with E-state index in [2.05, 4.69) is 6.92 Å². The van der Waals surface area contributed by atoms with Gasteiger partial charge in [-0.05, 0) is 19.3 Å². The predicted molar refractivity (Wildman–Crippen MR) is 127 cm³/mol. The summed E-state index contributed by atoms with van der Waals surface area (Å²) in [6, 6.07) is 0. The first-order valence-corrected chi connectivity index (χ1v) is 13.2. The van der Waals surface area contributed by atoms with Crippen molar-refractivity contribution in [3.8, 4) is 0 Å². The van der Waals surface area contributed by atoms with E-state index < -0.39 is 0 Å². The quantitative estimate of drug-likeness (QED) is 0.102. The Labute approximate surface area is 187 Å². The van der Waals surface area contributed by atoms with Gasteiger partial charge in [0, 0.05) is 19.1 Å². The number of ether oxygens (including phenoxy) is 3. The zero-order chi connectivity index (χ0) is 21.1. The van der Waals surface area contributed by atoms with Gasteiger partial charge < -0.3 is 14.2 Å². The lowest BCUT2D eigenvalue weighted by Crippen LogP contribution is -2.10. The monoisotopic (exact) mass is 434 g/mol. The number of rotatable bonds is 26. The Kier molecular flexibility index (Phi) is 28.3. The summed E-state index contributed by atoms with van der Waals surface area (Å²) in [4.78, 5) is 0. The molecule has 0 fully saturated rings. The molecule has 0 radical (unpaired) electrons. The van der Waals surface area contributed by atoms with Crippen LogP contribution >= 0.6 is 11.6 Å². The van der Waals surface area contributed by atoms with Gasteiger partial charge in [0.1, 0.15) is 0 Å². The Hall–Kier alpha value is 0.170. The van der Waals surface area contributed by atoms with Crippen molar-refractivity contribution in [1.29, 1.82) is 0 Å². The van der Waals surface area contributed by atoms with Crippen molar-refractivity contribution in [3.05, 3.63) is 0 Å². The van der Waals surface area contributed by atoms with Crippen molar-refractivity contribution in [2.24, 2.45) is 0 Å². The zero-order valence-corrected chi connectivity index (χ0v) is 20.3. The van der Waals surface area contributed by atoms with E-state index in [0.717, 1.165) is 31.9 Å². The maximum Gasteiger partial charge on any atom is 0.0701 e. The Morgan fingerprint density at radius 2 is 0.690 bits per heavy atom. The number of halogens is 1. The lowest BCUT2D eigenvalue weighted by Gasteiger charge is -2.07. The van der Waals surface area contributed by atoms with Crippen LogP contribution in [0, 0.1) is 0 Å². The summed E-state index contributed by atoms with van der Waals surface area (Å²) in [6.45, 7) is 6.74. The van der Waals surface area contributed by atoms with E-state index in [1.807, 2.05) is 0 Å². The molecule has 0 aromatic rings. The van der Waals surface area contributed by atoms with E-state index in [-0.39, 0.29) is 0 Å². The van der Waals surface area contributed by atoms with Crippen LogP contribution in [-0.4, -0.2) is 45.5 Å². The first kappa shape index (κ1) is 29.2. The highest BCUT2D eigenvalue weighted by molar-refractivity contribution is 6.17. The molecule has 0 unspecified atom stereocenters. The van der Waals surface area contributed by atoms with Crippen LogP contribution in [0.3, 0.4) is 0 Å². The fourth-order valence-corrected chi connectivity index (χ4v) is 3.60. The zero-order valence-electron chi connectivity index (χ0n) is 19.6. The standard InChI is InChI=1S/C25H51ClO3/c1-2-3-4-5-6-7-8-9-10-11-12-14-17-20-27-22-24-29-25-23-28-21-18-15-13-16-19-26/h2-25H2,1H3. The molecule has 0 rings (SSSR count). The van der Waals surface area contributed by atoms with Crippen molar-refractivity contribution in [3.63, 3.8) is 0 Å². The summed E-state index contributed by atoms with van der Waals surface area (Å²) in [5.41, 5.74) is 0. The van der Waals surface area contributed by atoms with Crippen LogP contribution < -0.4 is 0 Å². The molecule has 0 aliphatic rings. The Balaban J connectivity index is 2.97. The van der Waals surface area contributed by atoms with Crippen molar-refractivity contribution < 1.29 is 14.2 Å². The van der Waals surface area contributed by atoms with Gasteiger partial charge in [0.05, 0.1) is 26.4 Å². The molecule has 0 aliphatic heterocycles. The molecule has 0 aliphatic carbocycles. The second kappa shape index (κ2) is 28.2. The molecule has 3 nitrogen and oxygen atoms in total. The van der Waals surface area contributed by atoms with E-state index in [4.69, 9.17) is 25.8 Å². The third-order valence-corrected chi connectivity index (χ3v) is 5.58. The van der Waals surface area contributed by atoms with Crippen LogP contribution in [0.5, 0.6) is 0 Å². The molecule has 0 aromatic carbocycles. The normalized spacial score (nSPS) is 11.4. The van der Waals surface area contributed by atoms with Crippen LogP contribution in [0.25, 0.3) is 0 Å². The van der Waals surface area contributed by atoms with Crippen molar-refractivity contribution in [2.45, 2.75) is 116 Å². The molecular weight excluding hydrogens is 384 g/mol. The number of alkyl halides is 1. The van der Waals surface area contributed by atoms with E-state index in [1.54, 1.807) is 0 Å². The second-order valence-corrected chi connectivity index (χ2v) is 8.56. The summed E-state index contributed by atoms with van der Waals surface area (Å²) >= 11 is 5.65. The highest BCUT2D eigenvalue weighted by Crippen LogP contribution is 2.12. The van der Waals surface area contributed by atoms with Gasteiger partial charge in [0.15, 0.2) is 0 Å². The fourth-order valence-electron chi connectivity index (χ4n) is 3.42. The number of unbranched alkanes of at least 4 members (excludes halogenated alkanes) is 15. The van der Waals surface area contributed by atoms with Gasteiger partial charge in [0.25, 0.3) is 0 Å². The molecule has 29 heavy (non-hydrogen) atoms. The highest BCUT2D eigenvalue weighted by atomic mass is 35.5. The third-order valence-electron chi connectivity index (χ3n) is 5.31. The minimum Gasteiger partial charge on any atom is -0.379 e. The summed E-state index contributed by atoms with van der Waals surface area (Å²) < 4.78 is 16.7. The molecule has 0 atom stereocenters. The molecule has 0 saturated carbocycles. The van der Waals surface area contributed by atoms with Crippen molar-refractivity contribution in [2.75, 3.05) is 45.5 Å². The first-order valence-electron chi connectivity index (χ1n) is 12.7.